The van der Waals surface area contributed by atoms with E-state index in [0.29, 0.717) is 12.2 Å². The van der Waals surface area contributed by atoms with E-state index in [1.807, 2.05) is 48.5 Å². The van der Waals surface area contributed by atoms with E-state index in [2.05, 4.69) is 21.2 Å². The maximum absolute atomic E-state index is 11.9. The molecule has 2 aromatic carbocycles. The number of aliphatic hydroxyl groups excluding tert-OH is 1. The van der Waals surface area contributed by atoms with Crippen molar-refractivity contribution in [3.05, 3.63) is 58.6 Å². The molecule has 21 heavy (non-hydrogen) atoms. The summed E-state index contributed by atoms with van der Waals surface area (Å²) in [5.41, 5.74) is 1.83. The summed E-state index contributed by atoms with van der Waals surface area (Å²) in [5.74, 6) is 0.345. The van der Waals surface area contributed by atoms with Gasteiger partial charge in [0.25, 0.3) is 0 Å². The van der Waals surface area contributed by atoms with Crippen molar-refractivity contribution in [3.8, 4) is 0 Å². The summed E-state index contributed by atoms with van der Waals surface area (Å²) in [6, 6.07) is 15.4. The van der Waals surface area contributed by atoms with Crippen LogP contribution in [0, 0.1) is 0 Å². The first-order valence-corrected chi connectivity index (χ1v) is 8.33. The highest BCUT2D eigenvalue weighted by atomic mass is 79.9. The molecule has 0 heterocycles. The molecule has 0 bridgehead atoms. The van der Waals surface area contributed by atoms with Crippen LogP contribution in [0.5, 0.6) is 0 Å². The molecule has 0 saturated carbocycles. The Bertz CT molecular complexity index is 584. The maximum atomic E-state index is 11.9. The van der Waals surface area contributed by atoms with Crippen molar-refractivity contribution >= 4 is 39.3 Å². The Morgan fingerprint density at radius 1 is 1.10 bits per heavy atom. The van der Waals surface area contributed by atoms with Crippen LogP contribution in [-0.2, 0) is 11.2 Å². The fourth-order valence-corrected chi connectivity index (χ4v) is 2.72. The number of carbonyl (C=O) groups excluding carboxylic acids is 1. The van der Waals surface area contributed by atoms with Gasteiger partial charge in [0.15, 0.2) is 0 Å². The molecule has 0 saturated heterocycles. The van der Waals surface area contributed by atoms with Crippen LogP contribution >= 0.6 is 27.7 Å². The SMILES string of the molecule is O=C(CSc1ccc(Br)cc1)Nc1ccc(CCO)cc1. The first-order chi connectivity index (χ1) is 10.2. The lowest BCUT2D eigenvalue weighted by molar-refractivity contribution is -0.113. The monoisotopic (exact) mass is 365 g/mol. The van der Waals surface area contributed by atoms with E-state index < -0.39 is 0 Å². The molecule has 0 aromatic heterocycles. The van der Waals surface area contributed by atoms with Crippen molar-refractivity contribution in [2.24, 2.45) is 0 Å². The summed E-state index contributed by atoms with van der Waals surface area (Å²) in [6.07, 6.45) is 0.633. The van der Waals surface area contributed by atoms with Gasteiger partial charge in [0.2, 0.25) is 5.91 Å². The number of anilines is 1. The minimum Gasteiger partial charge on any atom is -0.396 e. The van der Waals surface area contributed by atoms with Crippen molar-refractivity contribution < 1.29 is 9.90 Å². The number of hydrogen-bond acceptors (Lipinski definition) is 3. The van der Waals surface area contributed by atoms with Gasteiger partial charge in [0.1, 0.15) is 0 Å². The largest absolute Gasteiger partial charge is 0.396 e. The van der Waals surface area contributed by atoms with Crippen molar-refractivity contribution in [2.75, 3.05) is 17.7 Å². The molecule has 2 rings (SSSR count). The first kappa shape index (κ1) is 16.1. The number of amides is 1. The molecule has 0 fully saturated rings. The molecule has 1 amide bonds. The summed E-state index contributed by atoms with van der Waals surface area (Å²) in [6.45, 7) is 0.134. The first-order valence-electron chi connectivity index (χ1n) is 6.55. The molecule has 0 radical (unpaired) electrons. The van der Waals surface area contributed by atoms with Gasteiger partial charge in [0.05, 0.1) is 5.75 Å². The number of aliphatic hydroxyl groups is 1. The summed E-state index contributed by atoms with van der Waals surface area (Å²) in [5, 5.41) is 11.7. The van der Waals surface area contributed by atoms with Gasteiger partial charge in [-0.3, -0.25) is 4.79 Å². The average Bonchev–Trinajstić information content (AvgIpc) is 2.49. The van der Waals surface area contributed by atoms with E-state index >= 15 is 0 Å². The number of rotatable bonds is 6. The Labute approximate surface area is 136 Å². The van der Waals surface area contributed by atoms with Crippen LogP contribution in [0.25, 0.3) is 0 Å². The van der Waals surface area contributed by atoms with Crippen molar-refractivity contribution in [1.29, 1.82) is 0 Å². The van der Waals surface area contributed by atoms with Crippen LogP contribution in [0.15, 0.2) is 57.9 Å². The fraction of sp³-hybridized carbons (Fsp3) is 0.188. The standard InChI is InChI=1S/C16H16BrNO2S/c17-13-3-7-15(8-4-13)21-11-16(20)18-14-5-1-12(2-6-14)9-10-19/h1-8,19H,9-11H2,(H,18,20). The van der Waals surface area contributed by atoms with E-state index in [9.17, 15) is 4.79 Å². The van der Waals surface area contributed by atoms with Crippen molar-refractivity contribution in [3.63, 3.8) is 0 Å². The number of benzene rings is 2. The second kappa shape index (κ2) is 8.22. The van der Waals surface area contributed by atoms with Gasteiger partial charge < -0.3 is 10.4 Å². The van der Waals surface area contributed by atoms with Crippen LogP contribution < -0.4 is 5.32 Å². The van der Waals surface area contributed by atoms with Crippen molar-refractivity contribution in [1.82, 2.24) is 0 Å². The zero-order chi connectivity index (χ0) is 15.1. The van der Waals surface area contributed by atoms with Crippen molar-refractivity contribution in [2.45, 2.75) is 11.3 Å². The van der Waals surface area contributed by atoms with Gasteiger partial charge in [0, 0.05) is 21.7 Å². The third kappa shape index (κ3) is 5.53. The average molecular weight is 366 g/mol. The quantitative estimate of drug-likeness (QED) is 0.767. The van der Waals surface area contributed by atoms with Crippen LogP contribution in [0.1, 0.15) is 5.56 Å². The van der Waals surface area contributed by atoms with Gasteiger partial charge in [-0.15, -0.1) is 11.8 Å². The van der Waals surface area contributed by atoms with E-state index in [0.717, 1.165) is 20.6 Å². The Balaban J connectivity index is 1.82. The van der Waals surface area contributed by atoms with Crippen LogP contribution in [0.3, 0.4) is 0 Å². The molecule has 2 N–H and O–H groups in total. The third-order valence-corrected chi connectivity index (χ3v) is 4.36. The number of hydrogen-bond donors (Lipinski definition) is 2. The molecule has 2 aromatic rings. The maximum Gasteiger partial charge on any atom is 0.234 e. The highest BCUT2D eigenvalue weighted by molar-refractivity contribution is 9.10. The molecule has 0 aliphatic carbocycles. The number of nitrogens with one attached hydrogen (secondary N) is 1. The molecule has 0 unspecified atom stereocenters. The lowest BCUT2D eigenvalue weighted by Gasteiger charge is -2.06. The fourth-order valence-electron chi connectivity index (χ4n) is 1.76. The van der Waals surface area contributed by atoms with Crippen LogP contribution in [0.2, 0.25) is 0 Å². The van der Waals surface area contributed by atoms with Gasteiger partial charge in [-0.05, 0) is 48.4 Å². The Hall–Kier alpha value is -1.30. The molecule has 0 aliphatic rings. The number of thioether (sulfide) groups is 1. The second-order valence-electron chi connectivity index (χ2n) is 4.46. The predicted octanol–water partition coefficient (Wildman–Crippen LogP) is 3.71. The number of halogens is 1. The molecule has 5 heteroatoms. The highest BCUT2D eigenvalue weighted by Gasteiger charge is 2.04. The molecule has 3 nitrogen and oxygen atoms in total. The molecule has 0 spiro atoms. The normalized spacial score (nSPS) is 10.4. The predicted molar refractivity (Wildman–Crippen MR) is 90.7 cm³/mol. The molecule has 0 aliphatic heterocycles. The van der Waals surface area contributed by atoms with Gasteiger partial charge in [-0.1, -0.05) is 28.1 Å². The van der Waals surface area contributed by atoms with Gasteiger partial charge in [-0.2, -0.15) is 0 Å². The van der Waals surface area contributed by atoms with Crippen LogP contribution in [0.4, 0.5) is 5.69 Å². The van der Waals surface area contributed by atoms with E-state index in [4.69, 9.17) is 5.11 Å². The van der Waals surface area contributed by atoms with E-state index in [-0.39, 0.29) is 12.5 Å². The number of carbonyl (C=O) groups is 1. The van der Waals surface area contributed by atoms with Gasteiger partial charge in [-0.25, -0.2) is 0 Å². The highest BCUT2D eigenvalue weighted by Crippen LogP contribution is 2.21. The van der Waals surface area contributed by atoms with E-state index in [1.54, 1.807) is 0 Å². The van der Waals surface area contributed by atoms with Gasteiger partial charge >= 0.3 is 0 Å². The Morgan fingerprint density at radius 2 is 1.76 bits per heavy atom. The lowest BCUT2D eigenvalue weighted by Crippen LogP contribution is -2.13. The second-order valence-corrected chi connectivity index (χ2v) is 6.43. The zero-order valence-corrected chi connectivity index (χ0v) is 13.8. The molecule has 0 atom stereocenters. The molecular formula is C16H16BrNO2S. The van der Waals surface area contributed by atoms with Crippen LogP contribution in [-0.4, -0.2) is 23.4 Å². The third-order valence-electron chi connectivity index (χ3n) is 2.82. The minimum atomic E-state index is -0.0298. The Kier molecular flexibility index (Phi) is 6.29. The van der Waals surface area contributed by atoms with E-state index in [1.165, 1.54) is 11.8 Å². The summed E-state index contributed by atoms with van der Waals surface area (Å²) >= 11 is 4.88. The zero-order valence-electron chi connectivity index (χ0n) is 11.4. The smallest absolute Gasteiger partial charge is 0.234 e. The summed E-state index contributed by atoms with van der Waals surface area (Å²) in [7, 11) is 0. The summed E-state index contributed by atoms with van der Waals surface area (Å²) in [4.78, 5) is 12.9. The minimum absolute atomic E-state index is 0.0298. The molecule has 110 valence electrons. The molecular weight excluding hydrogens is 350 g/mol. The Morgan fingerprint density at radius 3 is 2.38 bits per heavy atom. The lowest BCUT2D eigenvalue weighted by atomic mass is 10.1. The topological polar surface area (TPSA) is 49.3 Å². The summed E-state index contributed by atoms with van der Waals surface area (Å²) < 4.78 is 1.03.